The van der Waals surface area contributed by atoms with Gasteiger partial charge in [-0.3, -0.25) is 4.90 Å². The molecule has 0 aromatic rings. The van der Waals surface area contributed by atoms with Crippen LogP contribution < -0.4 is 5.32 Å². The highest BCUT2D eigenvalue weighted by Gasteiger charge is 2.19. The molecule has 1 atom stereocenters. The van der Waals surface area contributed by atoms with Gasteiger partial charge >= 0.3 is 0 Å². The largest absolute Gasteiger partial charge is 0.311 e. The third-order valence-electron chi connectivity index (χ3n) is 3.85. The third kappa shape index (κ3) is 3.70. The molecule has 16 heavy (non-hydrogen) atoms. The van der Waals surface area contributed by atoms with E-state index in [2.05, 4.69) is 34.1 Å². The van der Waals surface area contributed by atoms with Gasteiger partial charge in [-0.15, -0.1) is 0 Å². The van der Waals surface area contributed by atoms with Gasteiger partial charge in [0.2, 0.25) is 0 Å². The molecule has 1 unspecified atom stereocenters. The van der Waals surface area contributed by atoms with E-state index in [0.717, 1.165) is 12.6 Å². The molecule has 0 amide bonds. The predicted octanol–water partition coefficient (Wildman–Crippen LogP) is -0.472. The van der Waals surface area contributed by atoms with Crippen molar-refractivity contribution >= 4 is 0 Å². The molecule has 0 spiro atoms. The van der Waals surface area contributed by atoms with Gasteiger partial charge in [0.05, 0.1) is 0 Å². The summed E-state index contributed by atoms with van der Waals surface area (Å²) in [5, 5.41) is 3.67. The van der Waals surface area contributed by atoms with Crippen molar-refractivity contribution in [2.24, 2.45) is 0 Å². The lowest BCUT2D eigenvalue weighted by Gasteiger charge is -2.32. The maximum atomic E-state index is 3.67. The number of likely N-dealkylation sites (N-methyl/N-ethyl adjacent to an activating group) is 2. The van der Waals surface area contributed by atoms with Gasteiger partial charge in [-0.2, -0.15) is 0 Å². The van der Waals surface area contributed by atoms with E-state index in [-0.39, 0.29) is 0 Å². The zero-order chi connectivity index (χ0) is 11.4. The first-order valence-corrected chi connectivity index (χ1v) is 6.57. The summed E-state index contributed by atoms with van der Waals surface area (Å²) in [6.45, 7) is 9.79. The van der Waals surface area contributed by atoms with Crippen LogP contribution in [0.5, 0.6) is 0 Å². The molecule has 0 radical (unpaired) electrons. The average molecular weight is 226 g/mol. The molecule has 2 heterocycles. The summed E-state index contributed by atoms with van der Waals surface area (Å²) in [4.78, 5) is 7.40. The number of hydrogen-bond donors (Lipinski definition) is 1. The average Bonchev–Trinajstić information content (AvgIpc) is 2.67. The lowest BCUT2D eigenvalue weighted by Crippen LogP contribution is -2.47. The van der Waals surface area contributed by atoms with Crippen LogP contribution in [-0.2, 0) is 0 Å². The van der Waals surface area contributed by atoms with Crippen LogP contribution in [0.3, 0.4) is 0 Å². The maximum absolute atomic E-state index is 3.67. The quantitative estimate of drug-likeness (QED) is 0.699. The Kier molecular flexibility index (Phi) is 4.58. The highest BCUT2D eigenvalue weighted by molar-refractivity contribution is 4.79. The molecular formula is C12H26N4. The van der Waals surface area contributed by atoms with E-state index in [1.54, 1.807) is 0 Å². The zero-order valence-electron chi connectivity index (χ0n) is 10.8. The van der Waals surface area contributed by atoms with Gasteiger partial charge in [0.15, 0.2) is 0 Å². The Balaban J connectivity index is 1.54. The van der Waals surface area contributed by atoms with Crippen molar-refractivity contribution < 1.29 is 0 Å². The van der Waals surface area contributed by atoms with E-state index < -0.39 is 0 Å². The summed E-state index contributed by atoms with van der Waals surface area (Å²) in [7, 11) is 4.42. The second-order valence-corrected chi connectivity index (χ2v) is 5.35. The smallest absolute Gasteiger partial charge is 0.0207 e. The fraction of sp³-hybridized carbons (Fsp3) is 1.00. The minimum Gasteiger partial charge on any atom is -0.311 e. The molecule has 0 saturated carbocycles. The van der Waals surface area contributed by atoms with Crippen LogP contribution in [0.4, 0.5) is 0 Å². The number of rotatable bonds is 4. The van der Waals surface area contributed by atoms with Crippen molar-refractivity contribution in [3.8, 4) is 0 Å². The predicted molar refractivity (Wildman–Crippen MR) is 67.8 cm³/mol. The normalized spacial score (nSPS) is 30.0. The number of hydrogen-bond acceptors (Lipinski definition) is 4. The van der Waals surface area contributed by atoms with Gasteiger partial charge in [-0.25, -0.2) is 0 Å². The molecule has 4 heteroatoms. The summed E-state index contributed by atoms with van der Waals surface area (Å²) in [5.41, 5.74) is 0. The number of likely N-dealkylation sites (tertiary alicyclic amines) is 1. The van der Waals surface area contributed by atoms with Crippen LogP contribution in [0.25, 0.3) is 0 Å². The molecule has 2 aliphatic heterocycles. The molecule has 0 aliphatic carbocycles. The molecule has 2 fully saturated rings. The van der Waals surface area contributed by atoms with Crippen LogP contribution in [0.15, 0.2) is 0 Å². The lowest BCUT2D eigenvalue weighted by atomic mass is 10.2. The van der Waals surface area contributed by atoms with Crippen LogP contribution in [0.2, 0.25) is 0 Å². The van der Waals surface area contributed by atoms with Gasteiger partial charge in [0.1, 0.15) is 0 Å². The van der Waals surface area contributed by atoms with E-state index in [0.29, 0.717) is 0 Å². The summed E-state index contributed by atoms with van der Waals surface area (Å²) in [5.74, 6) is 0. The van der Waals surface area contributed by atoms with Gasteiger partial charge in [-0.1, -0.05) is 0 Å². The SMILES string of the molecule is CN1CCN(CCNC2CCN(C)C2)CC1. The first kappa shape index (κ1) is 12.3. The Bertz CT molecular complexity index is 201. The second kappa shape index (κ2) is 5.96. The van der Waals surface area contributed by atoms with Crippen LogP contribution in [0.1, 0.15) is 6.42 Å². The van der Waals surface area contributed by atoms with E-state index in [9.17, 15) is 0 Å². The number of nitrogens with one attached hydrogen (secondary N) is 1. The fourth-order valence-corrected chi connectivity index (χ4v) is 2.60. The Labute approximate surface area is 99.6 Å². The van der Waals surface area contributed by atoms with Crippen molar-refractivity contribution in [2.45, 2.75) is 12.5 Å². The van der Waals surface area contributed by atoms with Crippen molar-refractivity contribution in [1.29, 1.82) is 0 Å². The van der Waals surface area contributed by atoms with Crippen molar-refractivity contribution in [2.75, 3.05) is 66.5 Å². The first-order valence-electron chi connectivity index (χ1n) is 6.57. The molecular weight excluding hydrogens is 200 g/mol. The summed E-state index contributed by atoms with van der Waals surface area (Å²) >= 11 is 0. The Morgan fingerprint density at radius 3 is 2.38 bits per heavy atom. The lowest BCUT2D eigenvalue weighted by molar-refractivity contribution is 0.153. The summed E-state index contributed by atoms with van der Waals surface area (Å²) in [6.07, 6.45) is 1.32. The van der Waals surface area contributed by atoms with Crippen molar-refractivity contribution in [1.82, 2.24) is 20.0 Å². The van der Waals surface area contributed by atoms with E-state index >= 15 is 0 Å². The molecule has 2 saturated heterocycles. The Morgan fingerprint density at radius 2 is 1.75 bits per heavy atom. The number of nitrogens with zero attached hydrogens (tertiary/aromatic N) is 3. The van der Waals surface area contributed by atoms with Gasteiger partial charge in [0, 0.05) is 51.9 Å². The molecule has 0 aromatic heterocycles. The molecule has 2 rings (SSSR count). The molecule has 94 valence electrons. The monoisotopic (exact) mass is 226 g/mol. The fourth-order valence-electron chi connectivity index (χ4n) is 2.60. The van der Waals surface area contributed by atoms with Crippen LogP contribution >= 0.6 is 0 Å². The minimum absolute atomic E-state index is 0.734. The minimum atomic E-state index is 0.734. The molecule has 2 aliphatic rings. The molecule has 0 aromatic carbocycles. The third-order valence-corrected chi connectivity index (χ3v) is 3.85. The van der Waals surface area contributed by atoms with E-state index in [4.69, 9.17) is 0 Å². The summed E-state index contributed by atoms with van der Waals surface area (Å²) in [6, 6.07) is 0.734. The highest BCUT2D eigenvalue weighted by Crippen LogP contribution is 2.05. The van der Waals surface area contributed by atoms with Gasteiger partial charge in [-0.05, 0) is 27.1 Å². The van der Waals surface area contributed by atoms with Crippen molar-refractivity contribution in [3.05, 3.63) is 0 Å². The topological polar surface area (TPSA) is 21.8 Å². The highest BCUT2D eigenvalue weighted by atomic mass is 15.3. The number of piperazine rings is 1. The standard InChI is InChI=1S/C12H26N4/c1-14-7-9-16(10-8-14)6-4-13-12-3-5-15(2)11-12/h12-13H,3-11H2,1-2H3. The van der Waals surface area contributed by atoms with Crippen LogP contribution in [-0.4, -0.2) is 87.2 Å². The Morgan fingerprint density at radius 1 is 1.00 bits per heavy atom. The second-order valence-electron chi connectivity index (χ2n) is 5.35. The van der Waals surface area contributed by atoms with Crippen molar-refractivity contribution in [3.63, 3.8) is 0 Å². The van der Waals surface area contributed by atoms with E-state index in [1.165, 1.54) is 52.2 Å². The van der Waals surface area contributed by atoms with Gasteiger partial charge in [0.25, 0.3) is 0 Å². The zero-order valence-corrected chi connectivity index (χ0v) is 10.8. The molecule has 4 nitrogen and oxygen atoms in total. The maximum Gasteiger partial charge on any atom is 0.0207 e. The molecule has 1 N–H and O–H groups in total. The summed E-state index contributed by atoms with van der Waals surface area (Å²) < 4.78 is 0. The Hall–Kier alpha value is -0.160. The van der Waals surface area contributed by atoms with E-state index in [1.807, 2.05) is 0 Å². The van der Waals surface area contributed by atoms with Crippen LogP contribution in [0, 0.1) is 0 Å². The molecule has 0 bridgehead atoms. The van der Waals surface area contributed by atoms with Gasteiger partial charge < -0.3 is 15.1 Å². The first-order chi connectivity index (χ1) is 7.74.